The highest BCUT2D eigenvalue weighted by Gasteiger charge is 2.64. The zero-order chi connectivity index (χ0) is 21.7. The van der Waals surface area contributed by atoms with Crippen molar-refractivity contribution in [1.82, 2.24) is 9.80 Å². The van der Waals surface area contributed by atoms with Gasteiger partial charge in [-0.3, -0.25) is 19.3 Å². The van der Waals surface area contributed by atoms with Crippen molar-refractivity contribution in [3.05, 3.63) is 30.1 Å². The van der Waals surface area contributed by atoms with E-state index in [1.165, 1.54) is 17.0 Å². The molecule has 3 aliphatic rings. The molecule has 3 amide bonds. The second kappa shape index (κ2) is 7.36. The summed E-state index contributed by atoms with van der Waals surface area (Å²) < 4.78 is 18.9. The van der Waals surface area contributed by atoms with Crippen LogP contribution in [0.2, 0.25) is 0 Å². The fourth-order valence-corrected chi connectivity index (χ4v) is 5.21. The second-order valence-electron chi connectivity index (χ2n) is 9.53. The first-order valence-electron chi connectivity index (χ1n) is 10.7. The highest BCUT2D eigenvalue weighted by atomic mass is 19.1. The van der Waals surface area contributed by atoms with Crippen molar-refractivity contribution in [2.45, 2.75) is 52.6 Å². The van der Waals surface area contributed by atoms with Gasteiger partial charge in [-0.2, -0.15) is 0 Å². The van der Waals surface area contributed by atoms with Gasteiger partial charge < -0.3 is 9.64 Å². The van der Waals surface area contributed by atoms with Gasteiger partial charge in [0.1, 0.15) is 24.2 Å². The summed E-state index contributed by atoms with van der Waals surface area (Å²) in [7, 11) is 0. The zero-order valence-corrected chi connectivity index (χ0v) is 17.8. The van der Waals surface area contributed by atoms with Crippen molar-refractivity contribution in [3.8, 4) is 5.75 Å². The number of hydrogen-bond donors (Lipinski definition) is 0. The van der Waals surface area contributed by atoms with Crippen molar-refractivity contribution < 1.29 is 23.5 Å². The molecule has 162 valence electrons. The van der Waals surface area contributed by atoms with Crippen LogP contribution < -0.4 is 4.74 Å². The van der Waals surface area contributed by atoms with Crippen LogP contribution >= 0.6 is 0 Å². The van der Waals surface area contributed by atoms with Gasteiger partial charge in [-0.25, -0.2) is 4.39 Å². The molecule has 0 unspecified atom stereocenters. The largest absolute Gasteiger partial charge is 0.490 e. The van der Waals surface area contributed by atoms with Crippen LogP contribution in [0.3, 0.4) is 0 Å². The molecule has 7 heteroatoms. The number of likely N-dealkylation sites (tertiary alicyclic amines) is 2. The number of halogens is 1. The Labute approximate surface area is 176 Å². The Hall–Kier alpha value is -2.44. The summed E-state index contributed by atoms with van der Waals surface area (Å²) in [6.45, 7) is 6.75. The molecule has 0 radical (unpaired) electrons. The van der Waals surface area contributed by atoms with E-state index >= 15 is 0 Å². The smallest absolute Gasteiger partial charge is 0.242 e. The predicted octanol–water partition coefficient (Wildman–Crippen LogP) is 3.01. The van der Waals surface area contributed by atoms with Gasteiger partial charge in [-0.15, -0.1) is 0 Å². The minimum absolute atomic E-state index is 0.0479. The van der Waals surface area contributed by atoms with E-state index in [0.717, 1.165) is 0 Å². The Balaban J connectivity index is 1.34. The van der Waals surface area contributed by atoms with Crippen molar-refractivity contribution in [1.29, 1.82) is 0 Å². The van der Waals surface area contributed by atoms with Gasteiger partial charge in [0.2, 0.25) is 17.7 Å². The SMILES string of the molecule is CC1(C)[C@@H]2CC[C@]1(C)C(=O)N(CC(=O)N1CCC(Oc3ccc(F)cc3)CC1)C2=O. The number of imide groups is 1. The Morgan fingerprint density at radius 2 is 1.73 bits per heavy atom. The first kappa shape index (κ1) is 20.8. The molecule has 1 aromatic rings. The average Bonchev–Trinajstić information content (AvgIpc) is 2.91. The van der Waals surface area contributed by atoms with Crippen molar-refractivity contribution in [2.75, 3.05) is 19.6 Å². The quantitative estimate of drug-likeness (QED) is 0.708. The average molecular weight is 416 g/mol. The molecule has 0 N–H and O–H groups in total. The number of benzene rings is 1. The van der Waals surface area contributed by atoms with Gasteiger partial charge in [0.25, 0.3) is 0 Å². The number of carbonyl (C=O) groups excluding carboxylic acids is 3. The third-order valence-corrected chi connectivity index (χ3v) is 7.71. The molecule has 6 nitrogen and oxygen atoms in total. The van der Waals surface area contributed by atoms with E-state index in [2.05, 4.69) is 0 Å². The number of amides is 3. The number of ether oxygens (including phenoxy) is 1. The van der Waals surface area contributed by atoms with Gasteiger partial charge in [-0.1, -0.05) is 20.8 Å². The molecule has 2 saturated heterocycles. The fraction of sp³-hybridized carbons (Fsp3) is 0.609. The van der Waals surface area contributed by atoms with Gasteiger partial charge in [0, 0.05) is 31.8 Å². The molecule has 0 spiro atoms. The number of fused-ring (bicyclic) bond motifs is 2. The Morgan fingerprint density at radius 1 is 1.10 bits per heavy atom. The molecular weight excluding hydrogens is 387 g/mol. The van der Waals surface area contributed by atoms with Gasteiger partial charge in [-0.05, 0) is 42.5 Å². The minimum Gasteiger partial charge on any atom is -0.490 e. The normalized spacial score (nSPS) is 28.7. The fourth-order valence-electron chi connectivity index (χ4n) is 5.21. The van der Waals surface area contributed by atoms with Crippen LogP contribution in [-0.4, -0.2) is 53.3 Å². The summed E-state index contributed by atoms with van der Waals surface area (Å²) in [5.41, 5.74) is -0.974. The first-order valence-corrected chi connectivity index (χ1v) is 10.7. The maximum Gasteiger partial charge on any atom is 0.242 e. The van der Waals surface area contributed by atoms with Gasteiger partial charge in [0.05, 0.1) is 5.41 Å². The van der Waals surface area contributed by atoms with Crippen LogP contribution in [0.25, 0.3) is 0 Å². The summed E-state index contributed by atoms with van der Waals surface area (Å²) in [5, 5.41) is 0. The number of rotatable bonds is 4. The molecule has 0 aromatic heterocycles. The third-order valence-electron chi connectivity index (χ3n) is 7.71. The molecule has 2 bridgehead atoms. The molecular formula is C23H29FN2O4. The van der Waals surface area contributed by atoms with E-state index in [9.17, 15) is 18.8 Å². The summed E-state index contributed by atoms with van der Waals surface area (Å²) in [5.74, 6) is -0.522. The molecule has 3 fully saturated rings. The monoisotopic (exact) mass is 416 g/mol. The Morgan fingerprint density at radius 3 is 2.37 bits per heavy atom. The van der Waals surface area contributed by atoms with Crippen LogP contribution in [0, 0.1) is 22.6 Å². The van der Waals surface area contributed by atoms with Gasteiger partial charge >= 0.3 is 0 Å². The Kier molecular flexibility index (Phi) is 5.11. The topological polar surface area (TPSA) is 66.9 Å². The molecule has 30 heavy (non-hydrogen) atoms. The molecule has 1 aliphatic carbocycles. The predicted molar refractivity (Wildman–Crippen MR) is 108 cm³/mol. The Bertz CT molecular complexity index is 860. The van der Waals surface area contributed by atoms with Crippen LogP contribution in [0.1, 0.15) is 46.5 Å². The number of carbonyl (C=O) groups is 3. The maximum absolute atomic E-state index is 13.1. The van der Waals surface area contributed by atoms with Crippen molar-refractivity contribution in [3.63, 3.8) is 0 Å². The highest BCUT2D eigenvalue weighted by Crippen LogP contribution is 2.59. The van der Waals surface area contributed by atoms with Crippen molar-refractivity contribution in [2.24, 2.45) is 16.7 Å². The second-order valence-corrected chi connectivity index (χ2v) is 9.53. The molecule has 1 aromatic carbocycles. The lowest BCUT2D eigenvalue weighted by atomic mass is 9.62. The summed E-state index contributed by atoms with van der Waals surface area (Å²) >= 11 is 0. The van der Waals surface area contributed by atoms with Gasteiger partial charge in [0.15, 0.2) is 0 Å². The lowest BCUT2D eigenvalue weighted by Gasteiger charge is -2.47. The van der Waals surface area contributed by atoms with Crippen LogP contribution in [0.5, 0.6) is 5.75 Å². The molecule has 4 rings (SSSR count). The van der Waals surface area contributed by atoms with Crippen LogP contribution in [0.4, 0.5) is 4.39 Å². The third kappa shape index (κ3) is 3.28. The standard InChI is InChI=1S/C23H29FN2O4/c1-22(2)18-8-11-23(22,3)21(29)26(20(18)28)14-19(27)25-12-9-17(10-13-25)30-16-6-4-15(24)5-7-16/h4-7,17-18H,8-14H2,1-3H3/t18-,23-/m1/s1. The lowest BCUT2D eigenvalue weighted by molar-refractivity contribution is -0.170. The lowest BCUT2D eigenvalue weighted by Crippen LogP contribution is -2.61. The van der Waals surface area contributed by atoms with E-state index < -0.39 is 5.41 Å². The maximum atomic E-state index is 13.1. The highest BCUT2D eigenvalue weighted by molar-refractivity contribution is 6.06. The summed E-state index contributed by atoms with van der Waals surface area (Å²) in [6.07, 6.45) is 2.64. The number of hydrogen-bond acceptors (Lipinski definition) is 4. The molecule has 2 atom stereocenters. The summed E-state index contributed by atoms with van der Waals surface area (Å²) in [4.78, 5) is 41.8. The van der Waals surface area contributed by atoms with Crippen LogP contribution in [0.15, 0.2) is 24.3 Å². The zero-order valence-electron chi connectivity index (χ0n) is 17.8. The minimum atomic E-state index is -0.595. The van der Waals surface area contributed by atoms with E-state index in [0.29, 0.717) is 44.5 Å². The van der Waals surface area contributed by atoms with E-state index in [1.54, 1.807) is 17.0 Å². The van der Waals surface area contributed by atoms with E-state index in [-0.39, 0.29) is 47.5 Å². The first-order chi connectivity index (χ1) is 14.1. The van der Waals surface area contributed by atoms with Crippen molar-refractivity contribution >= 4 is 17.7 Å². The summed E-state index contributed by atoms with van der Waals surface area (Å²) in [6, 6.07) is 5.90. The number of piperidine rings is 2. The van der Waals surface area contributed by atoms with E-state index in [4.69, 9.17) is 4.74 Å². The van der Waals surface area contributed by atoms with E-state index in [1.807, 2.05) is 20.8 Å². The molecule has 2 heterocycles. The number of nitrogens with zero attached hydrogens (tertiary/aromatic N) is 2. The van der Waals surface area contributed by atoms with Crippen LogP contribution in [-0.2, 0) is 14.4 Å². The molecule has 1 saturated carbocycles. The molecule has 2 aliphatic heterocycles.